The maximum absolute atomic E-state index is 10.9. The van der Waals surface area contributed by atoms with Crippen LogP contribution in [0.25, 0.3) is 0 Å². The van der Waals surface area contributed by atoms with Gasteiger partial charge in [-0.25, -0.2) is 4.79 Å². The molecular formula is C20H23ClN2O3. The standard InChI is InChI=1S/C20H23ClN2O3/c21-18-3-1-2-4-19(18)26-14-9-16-5-7-17(8-6-16)15-22-10-12-23(13-11-22)20(24)25/h1-8H,9-15H2,(H,24,25). The van der Waals surface area contributed by atoms with E-state index in [9.17, 15) is 4.79 Å². The van der Waals surface area contributed by atoms with Crippen LogP contribution in [0, 0.1) is 0 Å². The number of carboxylic acid groups (broad SMARTS) is 1. The molecule has 1 aliphatic rings. The Balaban J connectivity index is 1.44. The van der Waals surface area contributed by atoms with Crippen LogP contribution in [0.15, 0.2) is 48.5 Å². The van der Waals surface area contributed by atoms with Gasteiger partial charge in [0.15, 0.2) is 0 Å². The molecule has 1 fully saturated rings. The van der Waals surface area contributed by atoms with Crippen molar-refractivity contribution < 1.29 is 14.6 Å². The highest BCUT2D eigenvalue weighted by molar-refractivity contribution is 6.32. The SMILES string of the molecule is O=C(O)N1CCN(Cc2ccc(CCOc3ccccc3Cl)cc2)CC1. The van der Waals surface area contributed by atoms with Crippen molar-refractivity contribution >= 4 is 17.7 Å². The molecule has 138 valence electrons. The summed E-state index contributed by atoms with van der Waals surface area (Å²) in [6, 6.07) is 16.0. The number of para-hydroxylation sites is 1. The normalized spacial score (nSPS) is 15.0. The van der Waals surface area contributed by atoms with Crippen molar-refractivity contribution in [3.63, 3.8) is 0 Å². The summed E-state index contributed by atoms with van der Waals surface area (Å²) in [5.41, 5.74) is 2.46. The van der Waals surface area contributed by atoms with Gasteiger partial charge in [-0.15, -0.1) is 0 Å². The fourth-order valence-electron chi connectivity index (χ4n) is 3.01. The van der Waals surface area contributed by atoms with E-state index in [4.69, 9.17) is 21.4 Å². The lowest BCUT2D eigenvalue weighted by Gasteiger charge is -2.33. The zero-order valence-electron chi connectivity index (χ0n) is 14.6. The van der Waals surface area contributed by atoms with E-state index in [1.807, 2.05) is 24.3 Å². The third-order valence-corrected chi connectivity index (χ3v) is 4.87. The molecule has 0 saturated carbocycles. The number of hydrogen-bond acceptors (Lipinski definition) is 3. The van der Waals surface area contributed by atoms with E-state index in [0.29, 0.717) is 30.5 Å². The van der Waals surface area contributed by atoms with Crippen LogP contribution in [-0.4, -0.2) is 53.8 Å². The van der Waals surface area contributed by atoms with Crippen molar-refractivity contribution in [2.45, 2.75) is 13.0 Å². The van der Waals surface area contributed by atoms with E-state index in [1.165, 1.54) is 16.0 Å². The largest absolute Gasteiger partial charge is 0.492 e. The van der Waals surface area contributed by atoms with Crippen molar-refractivity contribution in [3.8, 4) is 5.75 Å². The lowest BCUT2D eigenvalue weighted by Crippen LogP contribution is -2.47. The Bertz CT molecular complexity index is 728. The maximum atomic E-state index is 10.9. The summed E-state index contributed by atoms with van der Waals surface area (Å²) < 4.78 is 5.73. The topological polar surface area (TPSA) is 53.0 Å². The molecule has 0 spiro atoms. The zero-order valence-corrected chi connectivity index (χ0v) is 15.4. The van der Waals surface area contributed by atoms with Crippen LogP contribution in [0.2, 0.25) is 5.02 Å². The predicted octanol–water partition coefficient (Wildman–Crippen LogP) is 3.76. The molecule has 0 radical (unpaired) electrons. The summed E-state index contributed by atoms with van der Waals surface area (Å²) in [5, 5.41) is 9.62. The van der Waals surface area contributed by atoms with Gasteiger partial charge in [0.2, 0.25) is 0 Å². The number of ether oxygens (including phenoxy) is 1. The van der Waals surface area contributed by atoms with Gasteiger partial charge in [0.05, 0.1) is 11.6 Å². The minimum atomic E-state index is -0.826. The van der Waals surface area contributed by atoms with E-state index in [2.05, 4.69) is 29.2 Å². The van der Waals surface area contributed by atoms with Gasteiger partial charge < -0.3 is 14.7 Å². The fraction of sp³-hybridized carbons (Fsp3) is 0.350. The molecule has 6 heteroatoms. The van der Waals surface area contributed by atoms with Gasteiger partial charge in [0.1, 0.15) is 5.75 Å². The minimum absolute atomic E-state index is 0.576. The molecule has 5 nitrogen and oxygen atoms in total. The van der Waals surface area contributed by atoms with Crippen molar-refractivity contribution in [2.75, 3.05) is 32.8 Å². The molecule has 2 aromatic carbocycles. The Labute approximate surface area is 158 Å². The third-order valence-electron chi connectivity index (χ3n) is 4.56. The number of rotatable bonds is 6. The van der Waals surface area contributed by atoms with Crippen LogP contribution in [0.1, 0.15) is 11.1 Å². The Hall–Kier alpha value is -2.24. The molecule has 26 heavy (non-hydrogen) atoms. The summed E-state index contributed by atoms with van der Waals surface area (Å²) >= 11 is 6.08. The van der Waals surface area contributed by atoms with Crippen LogP contribution in [-0.2, 0) is 13.0 Å². The molecular weight excluding hydrogens is 352 g/mol. The number of amides is 1. The molecule has 0 unspecified atom stereocenters. The van der Waals surface area contributed by atoms with E-state index in [0.717, 1.165) is 26.1 Å². The van der Waals surface area contributed by atoms with Gasteiger partial charge in [-0.3, -0.25) is 4.90 Å². The molecule has 1 heterocycles. The molecule has 1 amide bonds. The maximum Gasteiger partial charge on any atom is 0.407 e. The Morgan fingerprint density at radius 2 is 1.65 bits per heavy atom. The van der Waals surface area contributed by atoms with E-state index < -0.39 is 6.09 Å². The summed E-state index contributed by atoms with van der Waals surface area (Å²) in [7, 11) is 0. The number of benzene rings is 2. The Morgan fingerprint density at radius 3 is 2.31 bits per heavy atom. The second-order valence-electron chi connectivity index (χ2n) is 6.39. The van der Waals surface area contributed by atoms with E-state index >= 15 is 0 Å². The van der Waals surface area contributed by atoms with Gasteiger partial charge in [0.25, 0.3) is 0 Å². The van der Waals surface area contributed by atoms with Gasteiger partial charge >= 0.3 is 6.09 Å². The first-order valence-corrected chi connectivity index (χ1v) is 9.15. The fourth-order valence-corrected chi connectivity index (χ4v) is 3.20. The average molecular weight is 375 g/mol. The van der Waals surface area contributed by atoms with Gasteiger partial charge in [-0.05, 0) is 23.3 Å². The monoisotopic (exact) mass is 374 g/mol. The molecule has 1 saturated heterocycles. The quantitative estimate of drug-likeness (QED) is 0.836. The van der Waals surface area contributed by atoms with E-state index in [-0.39, 0.29) is 0 Å². The van der Waals surface area contributed by atoms with E-state index in [1.54, 1.807) is 0 Å². The number of carbonyl (C=O) groups is 1. The van der Waals surface area contributed by atoms with Gasteiger partial charge in [-0.1, -0.05) is 48.0 Å². The van der Waals surface area contributed by atoms with Crippen LogP contribution < -0.4 is 4.74 Å². The number of nitrogens with zero attached hydrogens (tertiary/aromatic N) is 2. The molecule has 1 N–H and O–H groups in total. The molecule has 0 aromatic heterocycles. The lowest BCUT2D eigenvalue weighted by atomic mass is 10.1. The summed E-state index contributed by atoms with van der Waals surface area (Å²) in [6.45, 7) is 4.14. The molecule has 3 rings (SSSR count). The minimum Gasteiger partial charge on any atom is -0.492 e. The van der Waals surface area contributed by atoms with Crippen molar-refractivity contribution in [1.82, 2.24) is 9.80 Å². The summed E-state index contributed by atoms with van der Waals surface area (Å²) in [6.07, 6.45) is -0.00370. The zero-order chi connectivity index (χ0) is 18.4. The van der Waals surface area contributed by atoms with Crippen molar-refractivity contribution in [3.05, 3.63) is 64.7 Å². The molecule has 1 aliphatic heterocycles. The van der Waals surface area contributed by atoms with Crippen LogP contribution >= 0.6 is 11.6 Å². The highest BCUT2D eigenvalue weighted by atomic mass is 35.5. The molecule has 0 bridgehead atoms. The second-order valence-corrected chi connectivity index (χ2v) is 6.80. The van der Waals surface area contributed by atoms with Crippen molar-refractivity contribution in [2.24, 2.45) is 0 Å². The number of halogens is 1. The third kappa shape index (κ3) is 5.13. The highest BCUT2D eigenvalue weighted by Gasteiger charge is 2.20. The van der Waals surface area contributed by atoms with Gasteiger partial charge in [-0.2, -0.15) is 0 Å². The van der Waals surface area contributed by atoms with Crippen LogP contribution in [0.4, 0.5) is 4.79 Å². The average Bonchev–Trinajstić information content (AvgIpc) is 2.65. The Morgan fingerprint density at radius 1 is 1.00 bits per heavy atom. The summed E-state index contributed by atoms with van der Waals surface area (Å²) in [4.78, 5) is 14.7. The lowest BCUT2D eigenvalue weighted by molar-refractivity contribution is 0.103. The highest BCUT2D eigenvalue weighted by Crippen LogP contribution is 2.23. The Kier molecular flexibility index (Phi) is 6.36. The van der Waals surface area contributed by atoms with Gasteiger partial charge in [0, 0.05) is 39.1 Å². The molecule has 2 aromatic rings. The number of hydrogen-bond donors (Lipinski definition) is 1. The first-order chi connectivity index (χ1) is 12.6. The second kappa shape index (κ2) is 8.92. The van der Waals surface area contributed by atoms with Crippen LogP contribution in [0.5, 0.6) is 5.75 Å². The van der Waals surface area contributed by atoms with Crippen LogP contribution in [0.3, 0.4) is 0 Å². The molecule has 0 aliphatic carbocycles. The number of piperazine rings is 1. The first kappa shape index (κ1) is 18.5. The predicted molar refractivity (Wildman–Crippen MR) is 102 cm³/mol. The summed E-state index contributed by atoms with van der Waals surface area (Å²) in [5.74, 6) is 0.714. The smallest absolute Gasteiger partial charge is 0.407 e. The van der Waals surface area contributed by atoms with Crippen molar-refractivity contribution in [1.29, 1.82) is 0 Å². The molecule has 0 atom stereocenters. The first-order valence-electron chi connectivity index (χ1n) is 8.77.